The molecule has 0 saturated carbocycles. The van der Waals surface area contributed by atoms with E-state index in [2.05, 4.69) is 39.9 Å². The lowest BCUT2D eigenvalue weighted by Crippen LogP contribution is -2.32. The first-order valence-corrected chi connectivity index (χ1v) is 7.65. The molecule has 0 radical (unpaired) electrons. The second-order valence-electron chi connectivity index (χ2n) is 5.42. The molecule has 0 aliphatic heterocycles. The summed E-state index contributed by atoms with van der Waals surface area (Å²) in [6.07, 6.45) is 3.21. The number of amides is 1. The summed E-state index contributed by atoms with van der Waals surface area (Å²) in [6.45, 7) is 10.7. The number of nitrogens with one attached hydrogen (secondary N) is 1. The predicted molar refractivity (Wildman–Crippen MR) is 79.4 cm³/mol. The molecule has 3 heteroatoms. The van der Waals surface area contributed by atoms with Crippen LogP contribution in [0.25, 0.3) is 0 Å². The molecule has 1 amide bonds. The maximum Gasteiger partial charge on any atom is 0.261 e. The summed E-state index contributed by atoms with van der Waals surface area (Å²) < 4.78 is 0. The van der Waals surface area contributed by atoms with E-state index in [1.807, 2.05) is 6.07 Å². The number of carbonyl (C=O) groups excluding carboxylic acids is 1. The van der Waals surface area contributed by atoms with E-state index >= 15 is 0 Å². The van der Waals surface area contributed by atoms with Gasteiger partial charge in [-0.05, 0) is 50.7 Å². The molecular weight excluding hydrogens is 242 g/mol. The van der Waals surface area contributed by atoms with Gasteiger partial charge in [-0.3, -0.25) is 4.79 Å². The van der Waals surface area contributed by atoms with Gasteiger partial charge in [-0.15, -0.1) is 11.3 Å². The smallest absolute Gasteiger partial charge is 0.261 e. The van der Waals surface area contributed by atoms with Crippen LogP contribution in [0.5, 0.6) is 0 Å². The maximum absolute atomic E-state index is 12.1. The lowest BCUT2D eigenvalue weighted by molar-refractivity contribution is 0.0941. The van der Waals surface area contributed by atoms with Gasteiger partial charge in [-0.1, -0.05) is 20.8 Å². The van der Waals surface area contributed by atoms with E-state index in [0.717, 1.165) is 24.1 Å². The van der Waals surface area contributed by atoms with E-state index in [4.69, 9.17) is 0 Å². The second-order valence-corrected chi connectivity index (χ2v) is 6.55. The summed E-state index contributed by atoms with van der Waals surface area (Å²) in [6, 6.07) is 2.26. The van der Waals surface area contributed by atoms with E-state index in [1.165, 1.54) is 10.4 Å². The zero-order chi connectivity index (χ0) is 13.7. The van der Waals surface area contributed by atoms with Crippen molar-refractivity contribution in [2.45, 2.75) is 59.9 Å². The van der Waals surface area contributed by atoms with Crippen LogP contribution in [0.2, 0.25) is 0 Å². The molecule has 0 spiro atoms. The third kappa shape index (κ3) is 4.45. The minimum Gasteiger partial charge on any atom is -0.349 e. The summed E-state index contributed by atoms with van der Waals surface area (Å²) in [4.78, 5) is 14.2. The Morgan fingerprint density at radius 3 is 2.50 bits per heavy atom. The molecule has 1 rings (SSSR count). The molecule has 18 heavy (non-hydrogen) atoms. The van der Waals surface area contributed by atoms with Crippen LogP contribution in [-0.4, -0.2) is 11.9 Å². The van der Waals surface area contributed by atoms with E-state index < -0.39 is 0 Å². The Morgan fingerprint density at radius 2 is 2.00 bits per heavy atom. The van der Waals surface area contributed by atoms with Gasteiger partial charge >= 0.3 is 0 Å². The van der Waals surface area contributed by atoms with Crippen molar-refractivity contribution < 1.29 is 4.79 Å². The topological polar surface area (TPSA) is 29.1 Å². The van der Waals surface area contributed by atoms with Gasteiger partial charge in [0.1, 0.15) is 0 Å². The van der Waals surface area contributed by atoms with E-state index in [-0.39, 0.29) is 11.9 Å². The average molecular weight is 267 g/mol. The average Bonchev–Trinajstić information content (AvgIpc) is 2.68. The highest BCUT2D eigenvalue weighted by Gasteiger charge is 2.14. The molecule has 0 fully saturated rings. The van der Waals surface area contributed by atoms with E-state index in [0.29, 0.717) is 5.92 Å². The maximum atomic E-state index is 12.1. The first-order chi connectivity index (χ1) is 8.43. The Morgan fingerprint density at radius 1 is 1.33 bits per heavy atom. The molecule has 1 heterocycles. The molecule has 0 aliphatic rings. The lowest BCUT2D eigenvalue weighted by atomic mass is 10.0. The van der Waals surface area contributed by atoms with Gasteiger partial charge in [0.15, 0.2) is 0 Å². The van der Waals surface area contributed by atoms with Gasteiger partial charge in [0.05, 0.1) is 4.88 Å². The van der Waals surface area contributed by atoms with E-state index in [9.17, 15) is 4.79 Å². The van der Waals surface area contributed by atoms with Crippen molar-refractivity contribution in [3.05, 3.63) is 21.4 Å². The van der Waals surface area contributed by atoms with Crippen molar-refractivity contribution in [3.63, 3.8) is 0 Å². The summed E-state index contributed by atoms with van der Waals surface area (Å²) >= 11 is 1.62. The third-order valence-electron chi connectivity index (χ3n) is 3.12. The first-order valence-electron chi connectivity index (χ1n) is 6.84. The van der Waals surface area contributed by atoms with Crippen molar-refractivity contribution in [1.82, 2.24) is 5.32 Å². The number of rotatable bonds is 6. The fraction of sp³-hybridized carbons (Fsp3) is 0.667. The van der Waals surface area contributed by atoms with Crippen molar-refractivity contribution in [1.29, 1.82) is 0 Å². The Labute approximate surface area is 115 Å². The van der Waals surface area contributed by atoms with Crippen LogP contribution in [0.1, 0.15) is 60.6 Å². The van der Waals surface area contributed by atoms with Gasteiger partial charge in [0, 0.05) is 10.9 Å². The van der Waals surface area contributed by atoms with Crippen molar-refractivity contribution in [3.8, 4) is 0 Å². The van der Waals surface area contributed by atoms with Gasteiger partial charge < -0.3 is 5.32 Å². The predicted octanol–water partition coefficient (Wildman–Crippen LogP) is 4.17. The molecular formula is C15H25NOS. The SMILES string of the molecule is CCc1sc(C(=O)NC(C)CCC(C)C)cc1C. The van der Waals surface area contributed by atoms with E-state index in [1.54, 1.807) is 11.3 Å². The molecule has 1 aromatic rings. The first kappa shape index (κ1) is 15.2. The molecule has 1 N–H and O–H groups in total. The number of carbonyl (C=O) groups is 1. The molecule has 0 aliphatic carbocycles. The third-order valence-corrected chi connectivity index (χ3v) is 4.50. The molecule has 0 bridgehead atoms. The monoisotopic (exact) mass is 267 g/mol. The highest BCUT2D eigenvalue weighted by Crippen LogP contribution is 2.22. The highest BCUT2D eigenvalue weighted by atomic mass is 32.1. The molecule has 0 saturated heterocycles. The summed E-state index contributed by atoms with van der Waals surface area (Å²) in [7, 11) is 0. The summed E-state index contributed by atoms with van der Waals surface area (Å²) in [5.74, 6) is 0.777. The Hall–Kier alpha value is -0.830. The number of aryl methyl sites for hydroxylation is 2. The second kappa shape index (κ2) is 6.93. The van der Waals surface area contributed by atoms with Gasteiger partial charge in [0.2, 0.25) is 0 Å². The molecule has 1 aromatic heterocycles. The molecule has 1 atom stereocenters. The Balaban J connectivity index is 2.53. The lowest BCUT2D eigenvalue weighted by Gasteiger charge is -2.14. The number of thiophene rings is 1. The number of hydrogen-bond donors (Lipinski definition) is 1. The fourth-order valence-corrected chi connectivity index (χ4v) is 2.95. The van der Waals surface area contributed by atoms with Crippen LogP contribution >= 0.6 is 11.3 Å². The van der Waals surface area contributed by atoms with Crippen molar-refractivity contribution in [2.75, 3.05) is 0 Å². The van der Waals surface area contributed by atoms with Crippen molar-refractivity contribution in [2.24, 2.45) is 5.92 Å². The van der Waals surface area contributed by atoms with Crippen molar-refractivity contribution >= 4 is 17.2 Å². The largest absolute Gasteiger partial charge is 0.349 e. The normalized spacial score (nSPS) is 12.8. The molecule has 102 valence electrons. The zero-order valence-corrected chi connectivity index (χ0v) is 13.0. The standard InChI is InChI=1S/C15H25NOS/c1-6-13-11(4)9-14(18-13)15(17)16-12(5)8-7-10(2)3/h9-10,12H,6-8H2,1-5H3,(H,16,17). The fourth-order valence-electron chi connectivity index (χ4n) is 1.93. The molecule has 1 unspecified atom stereocenters. The molecule has 0 aromatic carbocycles. The minimum atomic E-state index is 0.0825. The van der Waals surface area contributed by atoms with Crippen LogP contribution in [0, 0.1) is 12.8 Å². The summed E-state index contributed by atoms with van der Waals surface area (Å²) in [5.41, 5.74) is 1.24. The van der Waals surface area contributed by atoms with Gasteiger partial charge in [0.25, 0.3) is 5.91 Å². The quantitative estimate of drug-likeness (QED) is 0.823. The van der Waals surface area contributed by atoms with Crippen LogP contribution in [-0.2, 0) is 6.42 Å². The van der Waals surface area contributed by atoms with Gasteiger partial charge in [-0.25, -0.2) is 0 Å². The van der Waals surface area contributed by atoms with Crippen LogP contribution < -0.4 is 5.32 Å². The molecule has 2 nitrogen and oxygen atoms in total. The van der Waals surface area contributed by atoms with Crippen LogP contribution in [0.4, 0.5) is 0 Å². The Bertz CT molecular complexity index is 395. The minimum absolute atomic E-state index is 0.0825. The number of hydrogen-bond acceptors (Lipinski definition) is 2. The highest BCUT2D eigenvalue weighted by molar-refractivity contribution is 7.14. The van der Waals surface area contributed by atoms with Crippen LogP contribution in [0.3, 0.4) is 0 Å². The van der Waals surface area contributed by atoms with Gasteiger partial charge in [-0.2, -0.15) is 0 Å². The summed E-state index contributed by atoms with van der Waals surface area (Å²) in [5, 5.41) is 3.09. The zero-order valence-electron chi connectivity index (χ0n) is 12.2. The Kier molecular flexibility index (Phi) is 5.86. The van der Waals surface area contributed by atoms with Crippen LogP contribution in [0.15, 0.2) is 6.07 Å².